The van der Waals surface area contributed by atoms with E-state index in [2.05, 4.69) is 55.6 Å². The van der Waals surface area contributed by atoms with E-state index in [4.69, 9.17) is 18.9 Å². The fourth-order valence-corrected chi connectivity index (χ4v) is 9.44. The third-order valence-corrected chi connectivity index (χ3v) is 14.2. The Bertz CT molecular complexity index is 1410. The second-order valence-electron chi connectivity index (χ2n) is 20.7. The molecular formula is C59H107NO13. The summed E-state index contributed by atoms with van der Waals surface area (Å²) in [6.45, 7) is 2.77. The number of nitrogens with one attached hydrogen (secondary N) is 1. The lowest BCUT2D eigenvalue weighted by Gasteiger charge is -2.46. The molecule has 0 radical (unpaired) electrons. The predicted molar refractivity (Wildman–Crippen MR) is 291 cm³/mol. The van der Waals surface area contributed by atoms with Crippen LogP contribution in [0.25, 0.3) is 0 Å². The van der Waals surface area contributed by atoms with Gasteiger partial charge in [0.2, 0.25) is 5.91 Å². The number of allylic oxidation sites excluding steroid dienone is 7. The van der Waals surface area contributed by atoms with Crippen molar-refractivity contribution >= 4 is 5.91 Å². The van der Waals surface area contributed by atoms with Gasteiger partial charge < -0.3 is 65.1 Å². The van der Waals surface area contributed by atoms with Crippen LogP contribution in [0.2, 0.25) is 0 Å². The van der Waals surface area contributed by atoms with Crippen molar-refractivity contribution in [2.45, 2.75) is 299 Å². The summed E-state index contributed by atoms with van der Waals surface area (Å²) in [5, 5.41) is 87.0. The highest BCUT2D eigenvalue weighted by Gasteiger charge is 2.51. The van der Waals surface area contributed by atoms with Gasteiger partial charge >= 0.3 is 0 Å². The molecule has 0 aromatic rings. The number of aliphatic hydroxyl groups excluding tert-OH is 8. The average molecular weight is 1040 g/mol. The average Bonchev–Trinajstić information content (AvgIpc) is 3.39. The summed E-state index contributed by atoms with van der Waals surface area (Å²) in [6, 6.07) is -0.940. The van der Waals surface area contributed by atoms with Crippen LogP contribution in [-0.4, -0.2) is 140 Å². The molecule has 0 saturated carbocycles. The van der Waals surface area contributed by atoms with Crippen LogP contribution in [0.4, 0.5) is 0 Å². The van der Waals surface area contributed by atoms with E-state index in [9.17, 15) is 45.6 Å². The highest BCUT2D eigenvalue weighted by molar-refractivity contribution is 5.76. The van der Waals surface area contributed by atoms with Gasteiger partial charge in [0, 0.05) is 6.42 Å². The van der Waals surface area contributed by atoms with Gasteiger partial charge in [-0.3, -0.25) is 4.79 Å². The van der Waals surface area contributed by atoms with Crippen LogP contribution in [-0.2, 0) is 23.7 Å². The standard InChI is InChI=1S/C59H107NO13/c1-3-5-7-9-11-13-15-17-19-21-22-23-24-25-27-28-30-32-34-36-38-40-42-48(63)47(60-51(64)43-41-39-37-35-33-31-29-26-20-18-16-14-12-10-8-6-4-2)46-70-58-56(69)54(67)57(50(45-62)72-58)73-59-55(68)53(66)52(65)49(44-61)71-59/h18,20,25,27,32,34,40,42,47-50,52-59,61-63,65-69H,3-17,19,21-24,26,28-31,33,35-39,41,43-46H2,1-2H3,(H,60,64)/b20-18-,27-25+,34-32+,42-40+. The first-order chi connectivity index (χ1) is 35.6. The molecule has 2 aliphatic rings. The molecular weight excluding hydrogens is 931 g/mol. The molecule has 9 N–H and O–H groups in total. The molecule has 2 saturated heterocycles. The molecule has 1 amide bonds. The minimum absolute atomic E-state index is 0.258. The van der Waals surface area contributed by atoms with Gasteiger partial charge in [-0.2, -0.15) is 0 Å². The maximum atomic E-state index is 13.2. The third-order valence-electron chi connectivity index (χ3n) is 14.2. The molecule has 14 nitrogen and oxygen atoms in total. The van der Waals surface area contributed by atoms with Crippen LogP contribution in [0, 0.1) is 0 Å². The zero-order chi connectivity index (χ0) is 53.2. The maximum Gasteiger partial charge on any atom is 0.220 e. The number of carbonyl (C=O) groups is 1. The number of unbranched alkanes of at least 4 members (excludes halogenated alkanes) is 27. The number of hydrogen-bond acceptors (Lipinski definition) is 13. The topological polar surface area (TPSA) is 228 Å². The van der Waals surface area contributed by atoms with E-state index in [1.54, 1.807) is 6.08 Å². The van der Waals surface area contributed by atoms with Crippen molar-refractivity contribution in [2.24, 2.45) is 0 Å². The molecule has 426 valence electrons. The molecule has 2 fully saturated rings. The lowest BCUT2D eigenvalue weighted by molar-refractivity contribution is -0.359. The van der Waals surface area contributed by atoms with Gasteiger partial charge in [-0.1, -0.05) is 197 Å². The van der Waals surface area contributed by atoms with E-state index in [0.29, 0.717) is 12.8 Å². The fourth-order valence-electron chi connectivity index (χ4n) is 9.44. The summed E-state index contributed by atoms with van der Waals surface area (Å²) in [6.07, 6.45) is 38.6. The van der Waals surface area contributed by atoms with E-state index in [1.165, 1.54) is 141 Å². The number of rotatable bonds is 46. The van der Waals surface area contributed by atoms with E-state index in [0.717, 1.165) is 51.4 Å². The first-order valence-corrected chi connectivity index (χ1v) is 29.4. The Morgan fingerprint density at radius 2 is 0.877 bits per heavy atom. The Kier molecular flexibility index (Phi) is 41.4. The minimum Gasteiger partial charge on any atom is -0.394 e. The molecule has 12 atom stereocenters. The number of ether oxygens (including phenoxy) is 4. The number of amides is 1. The van der Waals surface area contributed by atoms with Crippen molar-refractivity contribution in [3.05, 3.63) is 48.6 Å². The van der Waals surface area contributed by atoms with Crippen LogP contribution in [0.1, 0.15) is 226 Å². The lowest BCUT2D eigenvalue weighted by atomic mass is 9.97. The molecule has 12 unspecified atom stereocenters. The van der Waals surface area contributed by atoms with E-state index in [-0.39, 0.29) is 18.9 Å². The second kappa shape index (κ2) is 45.0. The fraction of sp³-hybridized carbons (Fsp3) is 0.847. The normalized spacial score (nSPS) is 25.7. The third kappa shape index (κ3) is 31.1. The molecule has 0 aromatic carbocycles. The molecule has 2 rings (SSSR count). The molecule has 0 spiro atoms. The Labute approximate surface area is 442 Å². The molecule has 14 heteroatoms. The van der Waals surface area contributed by atoms with Gasteiger partial charge in [0.25, 0.3) is 0 Å². The highest BCUT2D eigenvalue weighted by Crippen LogP contribution is 2.30. The number of carbonyl (C=O) groups excluding carboxylic acids is 1. The number of hydrogen-bond donors (Lipinski definition) is 9. The van der Waals surface area contributed by atoms with E-state index in [1.807, 2.05) is 6.08 Å². The van der Waals surface area contributed by atoms with Crippen molar-refractivity contribution in [1.29, 1.82) is 0 Å². The summed E-state index contributed by atoms with van der Waals surface area (Å²) in [5.74, 6) is -0.258. The van der Waals surface area contributed by atoms with Crippen LogP contribution in [0.3, 0.4) is 0 Å². The quantitative estimate of drug-likeness (QED) is 0.0205. The Morgan fingerprint density at radius 3 is 1.34 bits per heavy atom. The molecule has 2 aliphatic heterocycles. The highest BCUT2D eigenvalue weighted by atomic mass is 16.7. The van der Waals surface area contributed by atoms with E-state index < -0.39 is 86.8 Å². The van der Waals surface area contributed by atoms with Crippen LogP contribution >= 0.6 is 0 Å². The first-order valence-electron chi connectivity index (χ1n) is 29.4. The van der Waals surface area contributed by atoms with Crippen molar-refractivity contribution in [1.82, 2.24) is 5.32 Å². The Balaban J connectivity index is 1.81. The predicted octanol–water partition coefficient (Wildman–Crippen LogP) is 9.61. The zero-order valence-electron chi connectivity index (χ0n) is 45.6. The van der Waals surface area contributed by atoms with Crippen LogP contribution in [0.15, 0.2) is 48.6 Å². The van der Waals surface area contributed by atoms with Crippen LogP contribution < -0.4 is 5.32 Å². The molecule has 0 bridgehead atoms. The Morgan fingerprint density at radius 1 is 0.479 bits per heavy atom. The largest absolute Gasteiger partial charge is 0.394 e. The van der Waals surface area contributed by atoms with Gasteiger partial charge in [-0.25, -0.2) is 0 Å². The molecule has 0 aliphatic carbocycles. The lowest BCUT2D eigenvalue weighted by Crippen LogP contribution is -2.65. The van der Waals surface area contributed by atoms with Crippen molar-refractivity contribution in [3.8, 4) is 0 Å². The van der Waals surface area contributed by atoms with Crippen molar-refractivity contribution in [3.63, 3.8) is 0 Å². The van der Waals surface area contributed by atoms with Gasteiger partial charge in [-0.15, -0.1) is 0 Å². The molecule has 0 aromatic heterocycles. The van der Waals surface area contributed by atoms with E-state index >= 15 is 0 Å². The Hall–Kier alpha value is -2.05. The van der Waals surface area contributed by atoms with Crippen LogP contribution in [0.5, 0.6) is 0 Å². The maximum absolute atomic E-state index is 13.2. The molecule has 2 heterocycles. The van der Waals surface area contributed by atoms with Crippen molar-refractivity contribution in [2.75, 3.05) is 19.8 Å². The SMILES string of the molecule is CCCCCCCC/C=C\CCCCCCCCCC(=O)NC(COC1OC(CO)C(OC2OC(CO)C(O)C(O)C2O)C(O)C1O)C(O)/C=C/CC/C=C/CC/C=C/CCCCCCCCCCCCCC. The monoisotopic (exact) mass is 1040 g/mol. The van der Waals surface area contributed by atoms with Gasteiger partial charge in [0.15, 0.2) is 12.6 Å². The van der Waals surface area contributed by atoms with Gasteiger partial charge in [-0.05, 0) is 70.6 Å². The summed E-state index contributed by atoms with van der Waals surface area (Å²) in [7, 11) is 0. The molecule has 73 heavy (non-hydrogen) atoms. The summed E-state index contributed by atoms with van der Waals surface area (Å²) in [4.78, 5) is 13.2. The van der Waals surface area contributed by atoms with Gasteiger partial charge in [0.1, 0.15) is 48.8 Å². The summed E-state index contributed by atoms with van der Waals surface area (Å²) in [5.41, 5.74) is 0. The number of aliphatic hydroxyl groups is 8. The summed E-state index contributed by atoms with van der Waals surface area (Å²) < 4.78 is 22.7. The van der Waals surface area contributed by atoms with Gasteiger partial charge in [0.05, 0.1) is 32.0 Å². The second-order valence-corrected chi connectivity index (χ2v) is 20.7. The first kappa shape index (κ1) is 67.1. The smallest absolute Gasteiger partial charge is 0.220 e. The van der Waals surface area contributed by atoms with Crippen molar-refractivity contribution < 1.29 is 64.6 Å². The minimum atomic E-state index is -1.79. The zero-order valence-corrected chi connectivity index (χ0v) is 45.6. The summed E-state index contributed by atoms with van der Waals surface area (Å²) >= 11 is 0.